The molecule has 2 aromatic carbocycles. The van der Waals surface area contributed by atoms with Crippen molar-refractivity contribution in [2.24, 2.45) is 0 Å². The van der Waals surface area contributed by atoms with Crippen molar-refractivity contribution >= 4 is 46.9 Å². The third kappa shape index (κ3) is 8.45. The van der Waals surface area contributed by atoms with Crippen LogP contribution in [-0.4, -0.2) is 30.0 Å². The van der Waals surface area contributed by atoms with Gasteiger partial charge in [-0.1, -0.05) is 63.6 Å². The smallest absolute Gasteiger partial charge is 0.242 e. The summed E-state index contributed by atoms with van der Waals surface area (Å²) in [5.74, 6) is 2.02. The number of thioether (sulfide) groups is 3. The highest BCUT2D eigenvalue weighted by Gasteiger charge is 2.24. The van der Waals surface area contributed by atoms with Crippen LogP contribution < -0.4 is 10.1 Å². The van der Waals surface area contributed by atoms with Gasteiger partial charge >= 0.3 is 0 Å². The zero-order valence-electron chi connectivity index (χ0n) is 22.7. The Hall–Kier alpha value is -2.09. The maximum atomic E-state index is 13.8. The number of carbonyl (C=O) groups is 1. The molecule has 7 heteroatoms. The van der Waals surface area contributed by atoms with Gasteiger partial charge in [-0.05, 0) is 66.7 Å². The summed E-state index contributed by atoms with van der Waals surface area (Å²) in [6.45, 7) is 9.25. The van der Waals surface area contributed by atoms with Gasteiger partial charge in [0.1, 0.15) is 16.0 Å². The number of unbranched alkanes of at least 4 members (excludes halogenated alkanes) is 1. The van der Waals surface area contributed by atoms with Crippen LogP contribution in [0.15, 0.2) is 64.5 Å². The van der Waals surface area contributed by atoms with Crippen LogP contribution in [0.3, 0.4) is 0 Å². The van der Waals surface area contributed by atoms with E-state index in [1.165, 1.54) is 5.56 Å². The van der Waals surface area contributed by atoms with E-state index in [0.717, 1.165) is 63.4 Å². The number of anilines is 1. The fourth-order valence-corrected chi connectivity index (χ4v) is 6.22. The monoisotopic (exact) mass is 554 g/mol. The Balaban J connectivity index is 1.83. The van der Waals surface area contributed by atoms with Crippen molar-refractivity contribution in [1.29, 1.82) is 0 Å². The van der Waals surface area contributed by atoms with Crippen LogP contribution in [0.2, 0.25) is 0 Å². The molecule has 0 spiro atoms. The third-order valence-electron chi connectivity index (χ3n) is 5.99. The molecule has 198 valence electrons. The van der Waals surface area contributed by atoms with E-state index in [2.05, 4.69) is 67.5 Å². The fourth-order valence-electron chi connectivity index (χ4n) is 3.80. The van der Waals surface area contributed by atoms with Crippen LogP contribution >= 0.6 is 35.3 Å². The van der Waals surface area contributed by atoms with E-state index in [-0.39, 0.29) is 11.2 Å². The number of hydrogen-bond donors (Lipinski definition) is 1. The number of pyridine rings is 1. The largest absolute Gasteiger partial charge is 0.494 e. The lowest BCUT2D eigenvalue weighted by Gasteiger charge is -2.20. The highest BCUT2D eigenvalue weighted by atomic mass is 32.2. The summed E-state index contributed by atoms with van der Waals surface area (Å²) in [6, 6.07) is 18.7. The third-order valence-corrected chi connectivity index (χ3v) is 8.75. The number of nitrogens with one attached hydrogen (secondary N) is 1. The molecule has 0 fully saturated rings. The summed E-state index contributed by atoms with van der Waals surface area (Å²) in [5, 5.41) is 3.72. The van der Waals surface area contributed by atoms with Crippen molar-refractivity contribution in [1.82, 2.24) is 4.98 Å². The Labute approximate surface area is 235 Å². The first kappa shape index (κ1) is 29.5. The Bertz CT molecular complexity index is 1120. The van der Waals surface area contributed by atoms with Crippen molar-refractivity contribution in [2.75, 3.05) is 24.4 Å². The van der Waals surface area contributed by atoms with Crippen molar-refractivity contribution in [3.8, 4) is 5.75 Å². The first-order chi connectivity index (χ1) is 17.9. The van der Waals surface area contributed by atoms with E-state index in [1.54, 1.807) is 35.3 Å². The number of nitrogens with zero attached hydrogens (tertiary/aromatic N) is 1. The second-order valence-electron chi connectivity index (χ2n) is 9.20. The molecule has 1 N–H and O–H groups in total. The summed E-state index contributed by atoms with van der Waals surface area (Å²) in [7, 11) is 0. The average molecular weight is 555 g/mol. The molecule has 1 aromatic heterocycles. The van der Waals surface area contributed by atoms with Crippen LogP contribution in [0.25, 0.3) is 0 Å². The van der Waals surface area contributed by atoms with E-state index < -0.39 is 0 Å². The molecule has 0 radical (unpaired) electrons. The molecule has 1 atom stereocenters. The SMILES string of the molecule is CCCCOc1ccc(CSC(C(=O)Nc2c(SC)cc(C)nc2SC)c2ccc(C(C)C)cc2)cc1. The predicted octanol–water partition coefficient (Wildman–Crippen LogP) is 8.75. The van der Waals surface area contributed by atoms with Crippen molar-refractivity contribution in [3.05, 3.63) is 77.0 Å². The van der Waals surface area contributed by atoms with E-state index >= 15 is 0 Å². The normalized spacial score (nSPS) is 12.0. The van der Waals surface area contributed by atoms with Gasteiger partial charge in [0.2, 0.25) is 5.91 Å². The molecule has 0 saturated carbocycles. The molecule has 4 nitrogen and oxygen atoms in total. The van der Waals surface area contributed by atoms with Crippen LogP contribution in [0.1, 0.15) is 67.2 Å². The molecular formula is C30H38N2O2S3. The van der Waals surface area contributed by atoms with E-state index in [1.807, 2.05) is 37.6 Å². The fraction of sp³-hybridized carbons (Fsp3) is 0.400. The Morgan fingerprint density at radius 1 is 1.00 bits per heavy atom. The maximum Gasteiger partial charge on any atom is 0.242 e. The number of rotatable bonds is 13. The molecule has 1 heterocycles. The molecule has 37 heavy (non-hydrogen) atoms. The van der Waals surface area contributed by atoms with Gasteiger partial charge in [0, 0.05) is 16.3 Å². The van der Waals surface area contributed by atoms with Gasteiger partial charge in [0.15, 0.2) is 0 Å². The summed E-state index contributed by atoms with van der Waals surface area (Å²) < 4.78 is 5.80. The second kappa shape index (κ2) is 14.7. The maximum absolute atomic E-state index is 13.8. The van der Waals surface area contributed by atoms with Gasteiger partial charge in [-0.3, -0.25) is 4.79 Å². The molecule has 3 aromatic rings. The summed E-state index contributed by atoms with van der Waals surface area (Å²) in [6.07, 6.45) is 6.19. The second-order valence-corrected chi connectivity index (χ2v) is 11.9. The zero-order chi connectivity index (χ0) is 26.8. The Morgan fingerprint density at radius 3 is 2.27 bits per heavy atom. The molecule has 1 amide bonds. The lowest BCUT2D eigenvalue weighted by Crippen LogP contribution is -2.20. The predicted molar refractivity (Wildman–Crippen MR) is 163 cm³/mol. The highest BCUT2D eigenvalue weighted by Crippen LogP contribution is 2.38. The number of carbonyl (C=O) groups excluding carboxylic acids is 1. The molecule has 0 bridgehead atoms. The number of aromatic nitrogens is 1. The van der Waals surface area contributed by atoms with Crippen molar-refractivity contribution in [3.63, 3.8) is 0 Å². The average Bonchev–Trinajstić information content (AvgIpc) is 2.90. The van der Waals surface area contributed by atoms with Crippen LogP contribution in [0, 0.1) is 6.92 Å². The molecule has 0 saturated heterocycles. The number of amides is 1. The van der Waals surface area contributed by atoms with Gasteiger partial charge in [0.05, 0.1) is 12.3 Å². The lowest BCUT2D eigenvalue weighted by atomic mass is 10.0. The van der Waals surface area contributed by atoms with Gasteiger partial charge in [0.25, 0.3) is 0 Å². The van der Waals surface area contributed by atoms with Crippen LogP contribution in [-0.2, 0) is 10.5 Å². The van der Waals surface area contributed by atoms with Crippen molar-refractivity contribution in [2.45, 2.75) is 67.4 Å². The summed E-state index contributed by atoms with van der Waals surface area (Å²) >= 11 is 4.82. The summed E-state index contributed by atoms with van der Waals surface area (Å²) in [4.78, 5) is 19.5. The van der Waals surface area contributed by atoms with E-state index in [9.17, 15) is 4.79 Å². The Kier molecular flexibility index (Phi) is 11.7. The standard InChI is InChI=1S/C30H38N2O2S3/c1-7-8-17-34-25-15-9-22(10-16-25)19-37-28(24-13-11-23(12-14-24)20(2)3)29(33)32-27-26(35-5)18-21(4)31-30(27)36-6/h9-16,18,20,28H,7-8,17,19H2,1-6H3,(H,32,33). The molecular weight excluding hydrogens is 517 g/mol. The zero-order valence-corrected chi connectivity index (χ0v) is 25.1. The van der Waals surface area contributed by atoms with Crippen molar-refractivity contribution < 1.29 is 9.53 Å². The van der Waals surface area contributed by atoms with Crippen LogP contribution in [0.4, 0.5) is 5.69 Å². The van der Waals surface area contributed by atoms with Gasteiger partial charge < -0.3 is 10.1 Å². The Morgan fingerprint density at radius 2 is 1.68 bits per heavy atom. The minimum absolute atomic E-state index is 0.0296. The molecule has 3 rings (SSSR count). The van der Waals surface area contributed by atoms with Crippen LogP contribution in [0.5, 0.6) is 5.75 Å². The number of benzene rings is 2. The van der Waals surface area contributed by atoms with Gasteiger partial charge in [-0.2, -0.15) is 0 Å². The molecule has 1 unspecified atom stereocenters. The number of ether oxygens (including phenoxy) is 1. The van der Waals surface area contributed by atoms with E-state index in [4.69, 9.17) is 4.74 Å². The molecule has 0 aliphatic rings. The highest BCUT2D eigenvalue weighted by molar-refractivity contribution is 8.00. The summed E-state index contributed by atoms with van der Waals surface area (Å²) in [5.41, 5.74) is 5.18. The van der Waals surface area contributed by atoms with Gasteiger partial charge in [-0.15, -0.1) is 35.3 Å². The minimum atomic E-state index is -0.354. The quantitative estimate of drug-likeness (QED) is 0.168. The number of aryl methyl sites for hydroxylation is 1. The topological polar surface area (TPSA) is 51.2 Å². The first-order valence-electron chi connectivity index (χ1n) is 12.7. The number of hydrogen-bond acceptors (Lipinski definition) is 6. The van der Waals surface area contributed by atoms with Gasteiger partial charge in [-0.25, -0.2) is 4.98 Å². The first-order valence-corrected chi connectivity index (χ1v) is 16.2. The van der Waals surface area contributed by atoms with E-state index in [0.29, 0.717) is 5.92 Å². The lowest BCUT2D eigenvalue weighted by molar-refractivity contribution is -0.115. The molecule has 0 aliphatic carbocycles. The minimum Gasteiger partial charge on any atom is -0.494 e. The molecule has 0 aliphatic heterocycles.